The van der Waals surface area contributed by atoms with Crippen molar-refractivity contribution in [3.63, 3.8) is 0 Å². The number of halogens is 1. The SMILES string of the molecule is Nc1cccc(Cl)c1C(=O)OCCn1cccn1. The fourth-order valence-corrected chi connectivity index (χ4v) is 1.75. The van der Waals surface area contributed by atoms with Gasteiger partial charge in [-0.05, 0) is 18.2 Å². The highest BCUT2D eigenvalue weighted by Gasteiger charge is 2.15. The van der Waals surface area contributed by atoms with Gasteiger partial charge in [0.25, 0.3) is 0 Å². The zero-order chi connectivity index (χ0) is 13.0. The first kappa shape index (κ1) is 12.4. The van der Waals surface area contributed by atoms with Gasteiger partial charge < -0.3 is 10.5 Å². The van der Waals surface area contributed by atoms with Crippen molar-refractivity contribution >= 4 is 23.3 Å². The number of rotatable bonds is 4. The molecule has 18 heavy (non-hydrogen) atoms. The maximum atomic E-state index is 11.8. The molecule has 2 aromatic rings. The van der Waals surface area contributed by atoms with E-state index in [1.54, 1.807) is 41.3 Å². The van der Waals surface area contributed by atoms with Crippen LogP contribution in [-0.4, -0.2) is 22.4 Å². The normalized spacial score (nSPS) is 10.3. The predicted octanol–water partition coefficient (Wildman–Crippen LogP) is 1.98. The molecule has 0 radical (unpaired) electrons. The van der Waals surface area contributed by atoms with Crippen molar-refractivity contribution in [3.8, 4) is 0 Å². The van der Waals surface area contributed by atoms with Gasteiger partial charge in [-0.2, -0.15) is 5.10 Å². The fourth-order valence-electron chi connectivity index (χ4n) is 1.49. The number of nitrogen functional groups attached to an aromatic ring is 1. The summed E-state index contributed by atoms with van der Waals surface area (Å²) < 4.78 is 6.77. The first-order chi connectivity index (χ1) is 8.68. The topological polar surface area (TPSA) is 70.1 Å². The summed E-state index contributed by atoms with van der Waals surface area (Å²) >= 11 is 5.90. The Bertz CT molecular complexity index is 520. The molecule has 0 aliphatic heterocycles. The highest BCUT2D eigenvalue weighted by atomic mass is 35.5. The number of carbonyl (C=O) groups excluding carboxylic acids is 1. The van der Waals surface area contributed by atoms with Gasteiger partial charge in [0.05, 0.1) is 11.6 Å². The molecule has 2 N–H and O–H groups in total. The van der Waals surface area contributed by atoms with Gasteiger partial charge in [0.1, 0.15) is 12.2 Å². The molecule has 0 atom stereocenters. The number of aromatic nitrogens is 2. The lowest BCUT2D eigenvalue weighted by Crippen LogP contribution is -2.13. The average Bonchev–Trinajstić information content (AvgIpc) is 2.82. The molecule has 1 aromatic heterocycles. The van der Waals surface area contributed by atoms with Crippen molar-refractivity contribution in [2.75, 3.05) is 12.3 Å². The van der Waals surface area contributed by atoms with Crippen LogP contribution in [0.3, 0.4) is 0 Å². The summed E-state index contributed by atoms with van der Waals surface area (Å²) in [5, 5.41) is 4.29. The molecule has 1 aromatic carbocycles. The lowest BCUT2D eigenvalue weighted by Gasteiger charge is -2.08. The third kappa shape index (κ3) is 2.81. The van der Waals surface area contributed by atoms with Crippen molar-refractivity contribution in [1.82, 2.24) is 9.78 Å². The van der Waals surface area contributed by atoms with Crippen LogP contribution in [0.2, 0.25) is 5.02 Å². The van der Waals surface area contributed by atoms with Crippen LogP contribution < -0.4 is 5.73 Å². The molecule has 0 amide bonds. The lowest BCUT2D eigenvalue weighted by atomic mass is 10.2. The molecule has 6 heteroatoms. The predicted molar refractivity (Wildman–Crippen MR) is 68.4 cm³/mol. The van der Waals surface area contributed by atoms with E-state index in [4.69, 9.17) is 22.1 Å². The molecule has 94 valence electrons. The zero-order valence-corrected chi connectivity index (χ0v) is 10.3. The minimum Gasteiger partial charge on any atom is -0.460 e. The molecule has 0 bridgehead atoms. The van der Waals surface area contributed by atoms with Crippen LogP contribution >= 0.6 is 11.6 Å². The van der Waals surface area contributed by atoms with Crippen LogP contribution in [0.25, 0.3) is 0 Å². The Morgan fingerprint density at radius 3 is 2.94 bits per heavy atom. The molecule has 0 aliphatic carbocycles. The van der Waals surface area contributed by atoms with Crippen molar-refractivity contribution in [3.05, 3.63) is 47.2 Å². The van der Waals surface area contributed by atoms with Crippen molar-refractivity contribution in [2.45, 2.75) is 6.54 Å². The molecular formula is C12H12ClN3O2. The second kappa shape index (κ2) is 5.55. The van der Waals surface area contributed by atoms with Crippen molar-refractivity contribution in [2.24, 2.45) is 0 Å². The molecule has 2 rings (SSSR count). The number of benzene rings is 1. The number of hydrogen-bond acceptors (Lipinski definition) is 4. The summed E-state index contributed by atoms with van der Waals surface area (Å²) in [5.41, 5.74) is 6.21. The molecule has 0 unspecified atom stereocenters. The van der Waals surface area contributed by atoms with Gasteiger partial charge in [-0.25, -0.2) is 4.79 Å². The van der Waals surface area contributed by atoms with E-state index in [1.807, 2.05) is 0 Å². The van der Waals surface area contributed by atoms with Crippen molar-refractivity contribution in [1.29, 1.82) is 0 Å². The van der Waals surface area contributed by atoms with Gasteiger partial charge in [0.15, 0.2) is 0 Å². The molecule has 1 heterocycles. The van der Waals surface area contributed by atoms with Gasteiger partial charge >= 0.3 is 5.97 Å². The fraction of sp³-hybridized carbons (Fsp3) is 0.167. The Morgan fingerprint density at radius 2 is 2.28 bits per heavy atom. The molecule has 0 aliphatic rings. The van der Waals surface area contributed by atoms with Gasteiger partial charge in [0, 0.05) is 18.1 Å². The number of hydrogen-bond donors (Lipinski definition) is 1. The Balaban J connectivity index is 1.96. The minimum absolute atomic E-state index is 0.208. The van der Waals surface area contributed by atoms with E-state index in [9.17, 15) is 4.79 Å². The Kier molecular flexibility index (Phi) is 3.84. The first-order valence-corrected chi connectivity index (χ1v) is 5.75. The third-order valence-electron chi connectivity index (χ3n) is 2.36. The molecular weight excluding hydrogens is 254 g/mol. The van der Waals surface area contributed by atoms with E-state index in [0.717, 1.165) is 0 Å². The third-order valence-corrected chi connectivity index (χ3v) is 2.68. The average molecular weight is 266 g/mol. The minimum atomic E-state index is -0.523. The highest BCUT2D eigenvalue weighted by molar-refractivity contribution is 6.34. The second-order valence-corrected chi connectivity index (χ2v) is 4.02. The van der Waals surface area contributed by atoms with Crippen molar-refractivity contribution < 1.29 is 9.53 Å². The van der Waals surface area contributed by atoms with E-state index < -0.39 is 5.97 Å². The summed E-state index contributed by atoms with van der Waals surface area (Å²) in [4.78, 5) is 11.8. The van der Waals surface area contributed by atoms with E-state index in [-0.39, 0.29) is 12.2 Å². The van der Waals surface area contributed by atoms with Gasteiger partial charge in [-0.3, -0.25) is 4.68 Å². The monoisotopic (exact) mass is 265 g/mol. The maximum absolute atomic E-state index is 11.8. The summed E-state index contributed by atoms with van der Waals surface area (Å²) in [6.07, 6.45) is 3.45. The second-order valence-electron chi connectivity index (χ2n) is 3.61. The first-order valence-electron chi connectivity index (χ1n) is 5.37. The quantitative estimate of drug-likeness (QED) is 0.678. The zero-order valence-electron chi connectivity index (χ0n) is 9.54. The smallest absolute Gasteiger partial charge is 0.341 e. The Morgan fingerprint density at radius 1 is 1.44 bits per heavy atom. The summed E-state index contributed by atoms with van der Waals surface area (Å²) in [5.74, 6) is -0.523. The number of nitrogens with zero attached hydrogens (tertiary/aromatic N) is 2. The van der Waals surface area contributed by atoms with Gasteiger partial charge in [-0.15, -0.1) is 0 Å². The van der Waals surface area contributed by atoms with Crippen LogP contribution in [0.15, 0.2) is 36.7 Å². The number of esters is 1. The number of ether oxygens (including phenoxy) is 1. The molecule has 0 fully saturated rings. The van der Waals surface area contributed by atoms with Crippen LogP contribution in [0.4, 0.5) is 5.69 Å². The van der Waals surface area contributed by atoms with E-state index >= 15 is 0 Å². The highest BCUT2D eigenvalue weighted by Crippen LogP contribution is 2.22. The Hall–Kier alpha value is -2.01. The summed E-state index contributed by atoms with van der Waals surface area (Å²) in [7, 11) is 0. The molecule has 0 saturated carbocycles. The maximum Gasteiger partial charge on any atom is 0.341 e. The number of nitrogens with two attached hydrogens (primary N) is 1. The van der Waals surface area contributed by atoms with Crippen LogP contribution in [0.5, 0.6) is 0 Å². The largest absolute Gasteiger partial charge is 0.460 e. The van der Waals surface area contributed by atoms with E-state index in [2.05, 4.69) is 5.10 Å². The summed E-state index contributed by atoms with van der Waals surface area (Å²) in [6.45, 7) is 0.703. The number of carbonyl (C=O) groups is 1. The van der Waals surface area contributed by atoms with Crippen LogP contribution in [-0.2, 0) is 11.3 Å². The van der Waals surface area contributed by atoms with Crippen LogP contribution in [0, 0.1) is 0 Å². The van der Waals surface area contributed by atoms with Gasteiger partial charge in [-0.1, -0.05) is 17.7 Å². The van der Waals surface area contributed by atoms with Crippen LogP contribution in [0.1, 0.15) is 10.4 Å². The van der Waals surface area contributed by atoms with E-state index in [1.165, 1.54) is 0 Å². The molecule has 0 saturated heterocycles. The summed E-state index contributed by atoms with van der Waals surface area (Å²) in [6, 6.07) is 6.68. The van der Waals surface area contributed by atoms with E-state index in [0.29, 0.717) is 17.3 Å². The molecule has 0 spiro atoms. The lowest BCUT2D eigenvalue weighted by molar-refractivity contribution is 0.0489. The molecule has 5 nitrogen and oxygen atoms in total. The Labute approximate surface area is 109 Å². The van der Waals surface area contributed by atoms with Gasteiger partial charge in [0.2, 0.25) is 0 Å². The standard InChI is InChI=1S/C12H12ClN3O2/c13-9-3-1-4-10(14)11(9)12(17)18-8-7-16-6-2-5-15-16/h1-6H,7-8,14H2. The number of anilines is 1.